The van der Waals surface area contributed by atoms with Gasteiger partial charge in [0.05, 0.1) is 6.54 Å². The zero-order valence-electron chi connectivity index (χ0n) is 13.4. The largest absolute Gasteiger partial charge is 0.470 e. The number of halogens is 1. The van der Waals surface area contributed by atoms with Gasteiger partial charge in [0.25, 0.3) is 5.88 Å². The van der Waals surface area contributed by atoms with Gasteiger partial charge in [0.15, 0.2) is 0 Å². The van der Waals surface area contributed by atoms with Crippen LogP contribution in [0.25, 0.3) is 0 Å². The van der Waals surface area contributed by atoms with Crippen molar-refractivity contribution in [3.63, 3.8) is 0 Å². The number of urea groups is 1. The van der Waals surface area contributed by atoms with E-state index in [-0.39, 0.29) is 23.7 Å². The van der Waals surface area contributed by atoms with Crippen molar-refractivity contribution in [3.8, 4) is 11.9 Å². The molecule has 128 valence electrons. The Bertz CT molecular complexity index is 790. The second kappa shape index (κ2) is 7.81. The van der Waals surface area contributed by atoms with Crippen LogP contribution in [0.4, 0.5) is 4.79 Å². The van der Waals surface area contributed by atoms with Gasteiger partial charge in [0.1, 0.15) is 12.2 Å². The van der Waals surface area contributed by atoms with Gasteiger partial charge in [-0.1, -0.05) is 23.7 Å². The minimum absolute atomic E-state index is 0.146. The Hall–Kier alpha value is -2.85. The van der Waals surface area contributed by atoms with Crippen LogP contribution >= 0.6 is 11.6 Å². The molecule has 1 fully saturated rings. The van der Waals surface area contributed by atoms with E-state index >= 15 is 0 Å². The first-order valence-electron chi connectivity index (χ1n) is 7.80. The summed E-state index contributed by atoms with van der Waals surface area (Å²) < 4.78 is 5.72. The minimum Gasteiger partial charge on any atom is -0.470 e. The van der Waals surface area contributed by atoms with E-state index in [9.17, 15) is 4.79 Å². The highest BCUT2D eigenvalue weighted by atomic mass is 35.5. The fourth-order valence-corrected chi connectivity index (χ4v) is 2.67. The average Bonchev–Trinajstić information content (AvgIpc) is 3.10. The molecule has 1 saturated heterocycles. The van der Waals surface area contributed by atoms with E-state index < -0.39 is 0 Å². The third kappa shape index (κ3) is 4.37. The highest BCUT2D eigenvalue weighted by molar-refractivity contribution is 6.30. The van der Waals surface area contributed by atoms with Crippen LogP contribution in [-0.2, 0) is 6.54 Å². The molecule has 0 spiro atoms. The summed E-state index contributed by atoms with van der Waals surface area (Å²) in [6.45, 7) is 1.45. The number of nitrogens with one attached hydrogen (secondary N) is 1. The number of nitrogens with zero attached hydrogens (tertiary/aromatic N) is 4. The number of ether oxygens (including phenoxy) is 1. The molecular weight excluding hydrogens is 342 g/mol. The van der Waals surface area contributed by atoms with Crippen LogP contribution in [0.2, 0.25) is 5.02 Å². The van der Waals surface area contributed by atoms with E-state index in [2.05, 4.69) is 15.3 Å². The predicted octanol–water partition coefficient (Wildman–Crippen LogP) is 2.36. The van der Waals surface area contributed by atoms with Gasteiger partial charge in [-0.05, 0) is 17.7 Å². The molecule has 0 saturated carbocycles. The van der Waals surface area contributed by atoms with Crippen LogP contribution in [0.5, 0.6) is 5.88 Å². The fraction of sp³-hybridized carbons (Fsp3) is 0.294. The lowest BCUT2D eigenvalue weighted by molar-refractivity contribution is 0.182. The Morgan fingerprint density at radius 1 is 1.36 bits per heavy atom. The summed E-state index contributed by atoms with van der Waals surface area (Å²) in [5, 5.41) is 12.6. The summed E-state index contributed by atoms with van der Waals surface area (Å²) in [6, 6.07) is 9.11. The van der Waals surface area contributed by atoms with Crippen LogP contribution in [0.3, 0.4) is 0 Å². The predicted molar refractivity (Wildman–Crippen MR) is 91.0 cm³/mol. The molecule has 8 heteroatoms. The summed E-state index contributed by atoms with van der Waals surface area (Å²) in [4.78, 5) is 21.9. The van der Waals surface area contributed by atoms with Crippen LogP contribution < -0.4 is 10.1 Å². The van der Waals surface area contributed by atoms with Crippen molar-refractivity contribution in [1.82, 2.24) is 20.2 Å². The molecule has 3 rings (SSSR count). The SMILES string of the molecule is N#Cc1nccnc1OC1CCN(C(=O)NCc2ccc(Cl)cc2)C1. The first-order chi connectivity index (χ1) is 12.2. The quantitative estimate of drug-likeness (QED) is 0.907. The van der Waals surface area contributed by atoms with Gasteiger partial charge in [0.2, 0.25) is 5.69 Å². The monoisotopic (exact) mass is 357 g/mol. The summed E-state index contributed by atoms with van der Waals surface area (Å²) in [6.07, 6.45) is 3.39. The maximum absolute atomic E-state index is 12.3. The van der Waals surface area contributed by atoms with Crippen molar-refractivity contribution < 1.29 is 9.53 Å². The Balaban J connectivity index is 1.51. The number of amides is 2. The third-order valence-corrected chi connectivity index (χ3v) is 4.09. The average molecular weight is 358 g/mol. The molecule has 1 N–H and O–H groups in total. The molecule has 1 unspecified atom stereocenters. The van der Waals surface area contributed by atoms with Gasteiger partial charge in [-0.25, -0.2) is 14.8 Å². The molecule has 25 heavy (non-hydrogen) atoms. The summed E-state index contributed by atoms with van der Waals surface area (Å²) in [7, 11) is 0. The number of carbonyl (C=O) groups excluding carboxylic acids is 1. The van der Waals surface area contributed by atoms with E-state index in [1.807, 2.05) is 18.2 Å². The minimum atomic E-state index is -0.204. The molecule has 7 nitrogen and oxygen atoms in total. The summed E-state index contributed by atoms with van der Waals surface area (Å²) in [5.74, 6) is 0.207. The molecular formula is C17H16ClN5O2. The number of hydrogen-bond acceptors (Lipinski definition) is 5. The zero-order valence-corrected chi connectivity index (χ0v) is 14.1. The molecule has 2 heterocycles. The number of rotatable bonds is 4. The molecule has 1 aliphatic rings. The van der Waals surface area contributed by atoms with Gasteiger partial charge >= 0.3 is 6.03 Å². The maximum atomic E-state index is 12.3. The molecule has 2 aromatic rings. The van der Waals surface area contributed by atoms with Crippen LogP contribution in [0, 0.1) is 11.3 Å². The van der Waals surface area contributed by atoms with Crippen molar-refractivity contribution in [2.24, 2.45) is 0 Å². The van der Waals surface area contributed by atoms with E-state index in [0.29, 0.717) is 31.1 Å². The van der Waals surface area contributed by atoms with E-state index in [1.165, 1.54) is 12.4 Å². The number of aromatic nitrogens is 2. The summed E-state index contributed by atoms with van der Waals surface area (Å²) >= 11 is 5.84. The molecule has 0 radical (unpaired) electrons. The smallest absolute Gasteiger partial charge is 0.317 e. The molecule has 0 bridgehead atoms. The lowest BCUT2D eigenvalue weighted by Crippen LogP contribution is -2.39. The van der Waals surface area contributed by atoms with Gasteiger partial charge in [-0.3, -0.25) is 0 Å². The third-order valence-electron chi connectivity index (χ3n) is 3.84. The lowest BCUT2D eigenvalue weighted by atomic mass is 10.2. The van der Waals surface area contributed by atoms with Crippen molar-refractivity contribution in [3.05, 3.63) is 52.9 Å². The highest BCUT2D eigenvalue weighted by Gasteiger charge is 2.28. The van der Waals surface area contributed by atoms with E-state index in [4.69, 9.17) is 21.6 Å². The number of hydrogen-bond donors (Lipinski definition) is 1. The fourth-order valence-electron chi connectivity index (χ4n) is 2.55. The number of benzene rings is 1. The van der Waals surface area contributed by atoms with Gasteiger partial charge < -0.3 is 15.0 Å². The normalized spacial score (nSPS) is 16.3. The Labute approximate surface area is 150 Å². The van der Waals surface area contributed by atoms with Crippen molar-refractivity contribution in [2.75, 3.05) is 13.1 Å². The van der Waals surface area contributed by atoms with Crippen LogP contribution in [0.15, 0.2) is 36.7 Å². The second-order valence-corrected chi connectivity index (χ2v) is 6.02. The zero-order chi connectivity index (χ0) is 17.6. The van der Waals surface area contributed by atoms with E-state index in [0.717, 1.165) is 5.56 Å². The van der Waals surface area contributed by atoms with Crippen LogP contribution in [0.1, 0.15) is 17.7 Å². The Morgan fingerprint density at radius 3 is 2.88 bits per heavy atom. The van der Waals surface area contributed by atoms with Crippen molar-refractivity contribution in [1.29, 1.82) is 5.26 Å². The molecule has 0 aliphatic carbocycles. The molecule has 1 aliphatic heterocycles. The first kappa shape index (κ1) is 17.0. The first-order valence-corrected chi connectivity index (χ1v) is 8.18. The van der Waals surface area contributed by atoms with E-state index in [1.54, 1.807) is 17.0 Å². The number of carbonyl (C=O) groups is 1. The number of nitriles is 1. The Morgan fingerprint density at radius 2 is 2.12 bits per heavy atom. The molecule has 1 aromatic heterocycles. The molecule has 2 amide bonds. The topological polar surface area (TPSA) is 91.1 Å². The second-order valence-electron chi connectivity index (χ2n) is 5.58. The van der Waals surface area contributed by atoms with Gasteiger partial charge in [-0.15, -0.1) is 0 Å². The highest BCUT2D eigenvalue weighted by Crippen LogP contribution is 2.18. The van der Waals surface area contributed by atoms with Crippen LogP contribution in [-0.4, -0.2) is 40.1 Å². The molecule has 1 atom stereocenters. The van der Waals surface area contributed by atoms with Crippen molar-refractivity contribution in [2.45, 2.75) is 19.1 Å². The maximum Gasteiger partial charge on any atom is 0.317 e. The standard InChI is InChI=1S/C17H16ClN5O2/c18-13-3-1-12(2-4-13)10-22-17(24)23-8-5-14(11-23)25-16-15(9-19)20-6-7-21-16/h1-4,6-7,14H,5,8,10-11H2,(H,22,24). The Kier molecular flexibility index (Phi) is 5.31. The molecule has 1 aromatic carbocycles. The number of likely N-dealkylation sites (tertiary alicyclic amines) is 1. The van der Waals surface area contributed by atoms with Gasteiger partial charge in [-0.2, -0.15) is 5.26 Å². The van der Waals surface area contributed by atoms with Gasteiger partial charge in [0, 0.05) is 36.9 Å². The summed E-state index contributed by atoms with van der Waals surface area (Å²) in [5.41, 5.74) is 1.12. The van der Waals surface area contributed by atoms with Crippen molar-refractivity contribution >= 4 is 17.6 Å². The lowest BCUT2D eigenvalue weighted by Gasteiger charge is -2.18.